The Morgan fingerprint density at radius 1 is 1.67 bits per heavy atom. The van der Waals surface area contributed by atoms with Gasteiger partial charge in [-0.05, 0) is 6.42 Å². The number of carbonyl (C=O) groups is 1. The molecule has 0 heterocycles. The van der Waals surface area contributed by atoms with Crippen LogP contribution in [0.3, 0.4) is 0 Å². The van der Waals surface area contributed by atoms with Crippen LogP contribution in [0.2, 0.25) is 0 Å². The van der Waals surface area contributed by atoms with Crippen LogP contribution in [-0.4, -0.2) is 12.0 Å². The van der Waals surface area contributed by atoms with Gasteiger partial charge >= 0.3 is 0 Å². The quantitative estimate of drug-likeness (QED) is 0.444. The van der Waals surface area contributed by atoms with E-state index in [1.54, 1.807) is 0 Å². The Morgan fingerprint density at radius 3 is 3.11 bits per heavy atom. The lowest BCUT2D eigenvalue weighted by Gasteiger charge is -2.31. The smallest absolute Gasteiger partial charge is 0.171 e. The zero-order valence-corrected chi connectivity index (χ0v) is 4.88. The molecular weight excluding hydrogens is 119 g/mol. The summed E-state index contributed by atoms with van der Waals surface area (Å²) in [6.45, 7) is 0. The van der Waals surface area contributed by atoms with Crippen LogP contribution in [0.4, 0.5) is 4.39 Å². The van der Waals surface area contributed by atoms with E-state index in [2.05, 4.69) is 0 Å². The van der Waals surface area contributed by atoms with Crippen molar-refractivity contribution >= 4 is 5.78 Å². The van der Waals surface area contributed by atoms with E-state index in [0.29, 0.717) is 0 Å². The van der Waals surface area contributed by atoms with Gasteiger partial charge < -0.3 is 0 Å². The van der Waals surface area contributed by atoms with E-state index >= 15 is 0 Å². The van der Waals surface area contributed by atoms with Gasteiger partial charge in [0.15, 0.2) is 12.0 Å². The van der Waals surface area contributed by atoms with Crippen molar-refractivity contribution < 1.29 is 9.18 Å². The SMILES string of the molecule is O=C1[C@@H](F)[C@H]2C=CC[C@@H]12. The van der Waals surface area contributed by atoms with Crippen LogP contribution >= 0.6 is 0 Å². The van der Waals surface area contributed by atoms with Crippen molar-refractivity contribution in [3.8, 4) is 0 Å². The monoisotopic (exact) mass is 126 g/mol. The van der Waals surface area contributed by atoms with Crippen molar-refractivity contribution in [2.24, 2.45) is 11.8 Å². The van der Waals surface area contributed by atoms with Gasteiger partial charge in [-0.25, -0.2) is 4.39 Å². The van der Waals surface area contributed by atoms with Gasteiger partial charge in [0.25, 0.3) is 0 Å². The molecular formula is C7H7FO. The number of rotatable bonds is 0. The summed E-state index contributed by atoms with van der Waals surface area (Å²) in [6, 6.07) is 0. The summed E-state index contributed by atoms with van der Waals surface area (Å²) in [4.78, 5) is 10.6. The first kappa shape index (κ1) is 5.15. The zero-order valence-electron chi connectivity index (χ0n) is 4.88. The normalized spacial score (nSPS) is 46.8. The second kappa shape index (κ2) is 1.43. The molecule has 0 bridgehead atoms. The third kappa shape index (κ3) is 0.460. The van der Waals surface area contributed by atoms with E-state index < -0.39 is 6.17 Å². The highest BCUT2D eigenvalue weighted by Crippen LogP contribution is 2.41. The van der Waals surface area contributed by atoms with E-state index in [9.17, 15) is 9.18 Å². The summed E-state index contributed by atoms with van der Waals surface area (Å²) in [5.74, 6) is -0.234. The van der Waals surface area contributed by atoms with Crippen LogP contribution < -0.4 is 0 Å². The molecule has 1 saturated carbocycles. The lowest BCUT2D eigenvalue weighted by atomic mass is 9.73. The van der Waals surface area contributed by atoms with Crippen molar-refractivity contribution in [3.05, 3.63) is 12.2 Å². The molecule has 48 valence electrons. The molecule has 0 aromatic heterocycles. The number of hydrogen-bond acceptors (Lipinski definition) is 1. The highest BCUT2D eigenvalue weighted by molar-refractivity contribution is 5.93. The van der Waals surface area contributed by atoms with Gasteiger partial charge in [-0.2, -0.15) is 0 Å². The zero-order chi connectivity index (χ0) is 6.43. The molecule has 1 fully saturated rings. The Hall–Kier alpha value is -0.660. The fraction of sp³-hybridized carbons (Fsp3) is 0.571. The van der Waals surface area contributed by atoms with Gasteiger partial charge in [0.1, 0.15) is 0 Å². The van der Waals surface area contributed by atoms with Gasteiger partial charge in [0, 0.05) is 11.8 Å². The third-order valence-corrected chi connectivity index (χ3v) is 2.19. The summed E-state index contributed by atoms with van der Waals surface area (Å²) in [5.41, 5.74) is 0. The van der Waals surface area contributed by atoms with Crippen LogP contribution in [0.5, 0.6) is 0 Å². The standard InChI is InChI=1S/C7H7FO/c8-6-4-2-1-3-5(4)7(6)9/h1-2,4-6H,3H2/t4-,5+,6-/m0/s1. The van der Waals surface area contributed by atoms with Crippen molar-refractivity contribution in [2.75, 3.05) is 0 Å². The lowest BCUT2D eigenvalue weighted by Crippen LogP contribution is -2.46. The number of halogens is 1. The summed E-state index contributed by atoms with van der Waals surface area (Å²) < 4.78 is 12.5. The van der Waals surface area contributed by atoms with E-state index in [0.717, 1.165) is 6.42 Å². The molecule has 0 aliphatic heterocycles. The predicted molar refractivity (Wildman–Crippen MR) is 30.6 cm³/mol. The van der Waals surface area contributed by atoms with Crippen molar-refractivity contribution in [3.63, 3.8) is 0 Å². The molecule has 2 aliphatic rings. The number of allylic oxidation sites excluding steroid dienone is 2. The minimum atomic E-state index is -1.17. The van der Waals surface area contributed by atoms with E-state index in [4.69, 9.17) is 0 Å². The van der Waals surface area contributed by atoms with Crippen LogP contribution in [-0.2, 0) is 4.79 Å². The Bertz CT molecular complexity index is 185. The number of carbonyl (C=O) groups excluding carboxylic acids is 1. The van der Waals surface area contributed by atoms with Crippen molar-refractivity contribution in [2.45, 2.75) is 12.6 Å². The van der Waals surface area contributed by atoms with Gasteiger partial charge in [-0.1, -0.05) is 12.2 Å². The Balaban J connectivity index is 2.21. The predicted octanol–water partition coefficient (Wildman–Crippen LogP) is 1.10. The molecule has 0 aromatic carbocycles. The maximum absolute atomic E-state index is 12.5. The molecule has 2 heteroatoms. The number of fused-ring (bicyclic) bond motifs is 1. The van der Waals surface area contributed by atoms with E-state index in [1.807, 2.05) is 12.2 Å². The first-order valence-corrected chi connectivity index (χ1v) is 3.15. The minimum absolute atomic E-state index is 0.0139. The molecule has 0 aromatic rings. The number of ketones is 1. The van der Waals surface area contributed by atoms with Crippen LogP contribution in [0.25, 0.3) is 0 Å². The summed E-state index contributed by atoms with van der Waals surface area (Å²) in [5, 5.41) is 0. The third-order valence-electron chi connectivity index (χ3n) is 2.19. The molecule has 0 radical (unpaired) electrons. The Kier molecular flexibility index (Phi) is 0.821. The van der Waals surface area contributed by atoms with Gasteiger partial charge in [0.05, 0.1) is 0 Å². The first-order chi connectivity index (χ1) is 4.30. The average molecular weight is 126 g/mol. The van der Waals surface area contributed by atoms with Crippen LogP contribution in [0.15, 0.2) is 12.2 Å². The highest BCUT2D eigenvalue weighted by atomic mass is 19.1. The fourth-order valence-electron chi connectivity index (χ4n) is 1.56. The molecule has 0 amide bonds. The number of Topliss-reactive ketones (excluding diaryl/α,β-unsaturated/α-hetero) is 1. The van der Waals surface area contributed by atoms with Crippen molar-refractivity contribution in [1.29, 1.82) is 0 Å². The Labute approximate surface area is 52.6 Å². The van der Waals surface area contributed by atoms with Gasteiger partial charge in [0.2, 0.25) is 0 Å². The molecule has 1 nitrogen and oxygen atoms in total. The molecule has 0 spiro atoms. The second-order valence-electron chi connectivity index (χ2n) is 2.65. The number of hydrogen-bond donors (Lipinski definition) is 0. The molecule has 0 N–H and O–H groups in total. The summed E-state index contributed by atoms with van der Waals surface area (Å²) in [7, 11) is 0. The maximum Gasteiger partial charge on any atom is 0.171 e. The van der Waals surface area contributed by atoms with Gasteiger partial charge in [-0.3, -0.25) is 4.79 Å². The minimum Gasteiger partial charge on any atom is -0.296 e. The molecule has 2 aliphatic carbocycles. The van der Waals surface area contributed by atoms with Crippen molar-refractivity contribution in [1.82, 2.24) is 0 Å². The molecule has 2 rings (SSSR count). The Morgan fingerprint density at radius 2 is 2.44 bits per heavy atom. The lowest BCUT2D eigenvalue weighted by molar-refractivity contribution is -0.140. The fourth-order valence-corrected chi connectivity index (χ4v) is 1.56. The topological polar surface area (TPSA) is 17.1 Å². The molecule has 3 atom stereocenters. The first-order valence-electron chi connectivity index (χ1n) is 3.15. The largest absolute Gasteiger partial charge is 0.296 e. The van der Waals surface area contributed by atoms with Crippen LogP contribution in [0, 0.1) is 11.8 Å². The number of alkyl halides is 1. The van der Waals surface area contributed by atoms with E-state index in [1.165, 1.54) is 0 Å². The summed E-state index contributed by atoms with van der Waals surface area (Å²) in [6.07, 6.45) is 3.31. The second-order valence-corrected chi connectivity index (χ2v) is 2.65. The highest BCUT2D eigenvalue weighted by Gasteiger charge is 2.50. The van der Waals surface area contributed by atoms with Crippen LogP contribution in [0.1, 0.15) is 6.42 Å². The molecule has 0 saturated heterocycles. The molecule has 0 unspecified atom stereocenters. The van der Waals surface area contributed by atoms with Gasteiger partial charge in [-0.15, -0.1) is 0 Å². The average Bonchev–Trinajstić information content (AvgIpc) is 2.30. The maximum atomic E-state index is 12.5. The summed E-state index contributed by atoms with van der Waals surface area (Å²) >= 11 is 0. The molecule has 9 heavy (non-hydrogen) atoms. The van der Waals surface area contributed by atoms with E-state index in [-0.39, 0.29) is 17.6 Å².